The van der Waals surface area contributed by atoms with Crippen molar-refractivity contribution in [2.75, 3.05) is 46.0 Å². The average Bonchev–Trinajstić information content (AvgIpc) is 3.26. The van der Waals surface area contributed by atoms with E-state index in [-0.39, 0.29) is 18.6 Å². The van der Waals surface area contributed by atoms with Gasteiger partial charge in [0.2, 0.25) is 5.91 Å². The molecule has 4 rings (SSSR count). The van der Waals surface area contributed by atoms with Crippen molar-refractivity contribution in [1.29, 1.82) is 0 Å². The van der Waals surface area contributed by atoms with Gasteiger partial charge in [0.1, 0.15) is 13.2 Å². The number of piperidine rings is 1. The third-order valence-electron chi connectivity index (χ3n) is 6.02. The molecule has 0 radical (unpaired) electrons. The lowest BCUT2D eigenvalue weighted by molar-refractivity contribution is -0.141. The van der Waals surface area contributed by atoms with Crippen molar-refractivity contribution in [1.82, 2.24) is 9.80 Å². The van der Waals surface area contributed by atoms with Gasteiger partial charge in [-0.2, -0.15) is 0 Å². The number of fused-ring (bicyclic) bond motifs is 1. The van der Waals surface area contributed by atoms with Crippen LogP contribution in [0.3, 0.4) is 0 Å². The first-order valence-electron chi connectivity index (χ1n) is 10.8. The van der Waals surface area contributed by atoms with E-state index in [0.29, 0.717) is 19.3 Å². The molecule has 3 aliphatic rings. The summed E-state index contributed by atoms with van der Waals surface area (Å²) in [6.07, 6.45) is 6.99. The van der Waals surface area contributed by atoms with Crippen molar-refractivity contribution in [3.05, 3.63) is 24.3 Å². The highest BCUT2D eigenvalue weighted by Crippen LogP contribution is 2.30. The molecule has 28 heavy (non-hydrogen) atoms. The summed E-state index contributed by atoms with van der Waals surface area (Å²) in [6.45, 7) is 5.36. The predicted molar refractivity (Wildman–Crippen MR) is 107 cm³/mol. The second-order valence-corrected chi connectivity index (χ2v) is 8.09. The number of hydrogen-bond donors (Lipinski definition) is 0. The van der Waals surface area contributed by atoms with Gasteiger partial charge in [-0.05, 0) is 63.7 Å². The van der Waals surface area contributed by atoms with Crippen LogP contribution in [0.25, 0.3) is 0 Å². The summed E-state index contributed by atoms with van der Waals surface area (Å²) in [5, 5.41) is 0. The number of rotatable bonds is 7. The molecule has 1 aromatic rings. The van der Waals surface area contributed by atoms with Gasteiger partial charge in [-0.15, -0.1) is 0 Å². The fourth-order valence-electron chi connectivity index (χ4n) is 4.47. The van der Waals surface area contributed by atoms with Gasteiger partial charge in [0.05, 0.1) is 6.61 Å². The van der Waals surface area contributed by atoms with E-state index >= 15 is 0 Å². The third kappa shape index (κ3) is 4.97. The molecule has 0 unspecified atom stereocenters. The van der Waals surface area contributed by atoms with Gasteiger partial charge in [-0.25, -0.2) is 0 Å². The van der Waals surface area contributed by atoms with Crippen molar-refractivity contribution < 1.29 is 19.0 Å². The lowest BCUT2D eigenvalue weighted by Gasteiger charge is -2.36. The maximum absolute atomic E-state index is 12.8. The second kappa shape index (κ2) is 9.61. The van der Waals surface area contributed by atoms with Crippen LogP contribution in [0, 0.1) is 0 Å². The van der Waals surface area contributed by atoms with Crippen LogP contribution >= 0.6 is 0 Å². The summed E-state index contributed by atoms with van der Waals surface area (Å²) in [5.41, 5.74) is 0. The SMILES string of the molecule is O=C(COC[C@H]1COc2ccccc2O1)N1CCCC[C@@H]1CCN1CCCC1. The van der Waals surface area contributed by atoms with E-state index < -0.39 is 0 Å². The maximum atomic E-state index is 12.8. The van der Waals surface area contributed by atoms with E-state index in [1.165, 1.54) is 32.4 Å². The van der Waals surface area contributed by atoms with E-state index in [9.17, 15) is 4.79 Å². The smallest absolute Gasteiger partial charge is 0.248 e. The summed E-state index contributed by atoms with van der Waals surface area (Å²) in [5.74, 6) is 1.62. The zero-order valence-electron chi connectivity index (χ0n) is 16.7. The second-order valence-electron chi connectivity index (χ2n) is 8.09. The van der Waals surface area contributed by atoms with Crippen molar-refractivity contribution in [2.45, 2.75) is 50.7 Å². The Morgan fingerprint density at radius 3 is 2.71 bits per heavy atom. The van der Waals surface area contributed by atoms with Gasteiger partial charge in [0.15, 0.2) is 17.6 Å². The Balaban J connectivity index is 1.21. The highest BCUT2D eigenvalue weighted by Gasteiger charge is 2.28. The van der Waals surface area contributed by atoms with Crippen LogP contribution in [0.15, 0.2) is 24.3 Å². The maximum Gasteiger partial charge on any atom is 0.248 e. The summed E-state index contributed by atoms with van der Waals surface area (Å²) in [4.78, 5) is 17.4. The van der Waals surface area contributed by atoms with E-state index in [1.54, 1.807) is 0 Å². The van der Waals surface area contributed by atoms with Crippen LogP contribution in [0.4, 0.5) is 0 Å². The summed E-state index contributed by atoms with van der Waals surface area (Å²) >= 11 is 0. The normalized spacial score (nSPS) is 25.1. The van der Waals surface area contributed by atoms with Crippen LogP contribution in [0.1, 0.15) is 38.5 Å². The molecule has 6 nitrogen and oxygen atoms in total. The molecular weight excluding hydrogens is 356 g/mol. The number of carbonyl (C=O) groups excluding carboxylic acids is 1. The zero-order valence-corrected chi connectivity index (χ0v) is 16.7. The first kappa shape index (κ1) is 19.5. The van der Waals surface area contributed by atoms with Crippen molar-refractivity contribution in [3.63, 3.8) is 0 Å². The van der Waals surface area contributed by atoms with Crippen molar-refractivity contribution >= 4 is 5.91 Å². The zero-order chi connectivity index (χ0) is 19.2. The molecule has 154 valence electrons. The largest absolute Gasteiger partial charge is 0.486 e. The highest BCUT2D eigenvalue weighted by molar-refractivity contribution is 5.77. The van der Waals surface area contributed by atoms with Crippen LogP contribution in [0.2, 0.25) is 0 Å². The van der Waals surface area contributed by atoms with E-state index in [2.05, 4.69) is 9.80 Å². The fraction of sp³-hybridized carbons (Fsp3) is 0.682. The Kier molecular flexibility index (Phi) is 6.70. The quantitative estimate of drug-likeness (QED) is 0.719. The topological polar surface area (TPSA) is 51.2 Å². The Hall–Kier alpha value is -1.79. The van der Waals surface area contributed by atoms with Gasteiger partial charge < -0.3 is 24.0 Å². The van der Waals surface area contributed by atoms with Gasteiger partial charge in [-0.1, -0.05) is 12.1 Å². The number of ether oxygens (including phenoxy) is 3. The lowest BCUT2D eigenvalue weighted by Crippen LogP contribution is -2.47. The molecule has 0 aliphatic carbocycles. The molecule has 0 bridgehead atoms. The minimum absolute atomic E-state index is 0.114. The summed E-state index contributed by atoms with van der Waals surface area (Å²) in [6, 6.07) is 8.01. The van der Waals surface area contributed by atoms with Crippen molar-refractivity contribution in [3.8, 4) is 11.5 Å². The van der Waals surface area contributed by atoms with E-state index in [0.717, 1.165) is 43.9 Å². The first-order valence-corrected chi connectivity index (χ1v) is 10.8. The molecule has 1 aromatic carbocycles. The Morgan fingerprint density at radius 1 is 1.07 bits per heavy atom. The molecule has 6 heteroatoms. The van der Waals surface area contributed by atoms with Gasteiger partial charge in [-0.3, -0.25) is 4.79 Å². The van der Waals surface area contributed by atoms with Crippen LogP contribution < -0.4 is 9.47 Å². The molecule has 0 spiro atoms. The molecule has 0 N–H and O–H groups in total. The minimum Gasteiger partial charge on any atom is -0.486 e. The van der Waals surface area contributed by atoms with Crippen LogP contribution in [-0.2, 0) is 9.53 Å². The molecule has 2 fully saturated rings. The number of carbonyl (C=O) groups is 1. The predicted octanol–water partition coefficient (Wildman–Crippen LogP) is 2.71. The molecule has 1 amide bonds. The molecule has 0 saturated carbocycles. The first-order chi connectivity index (χ1) is 13.8. The Morgan fingerprint density at radius 2 is 1.86 bits per heavy atom. The fourth-order valence-corrected chi connectivity index (χ4v) is 4.47. The number of nitrogens with zero attached hydrogens (tertiary/aromatic N) is 2. The number of benzene rings is 1. The summed E-state index contributed by atoms with van der Waals surface area (Å²) in [7, 11) is 0. The number of amides is 1. The molecule has 0 aromatic heterocycles. The molecule has 3 heterocycles. The standard InChI is InChI=1S/C22H32N2O4/c25-22(17-26-15-19-16-27-20-8-1-2-9-21(20)28-19)24-13-4-3-7-18(24)10-14-23-11-5-6-12-23/h1-2,8-9,18-19H,3-7,10-17H2/t18-,19+/m1/s1. The van der Waals surface area contributed by atoms with E-state index in [4.69, 9.17) is 14.2 Å². The lowest BCUT2D eigenvalue weighted by atomic mass is 9.99. The monoisotopic (exact) mass is 388 g/mol. The third-order valence-corrected chi connectivity index (χ3v) is 6.02. The molecular formula is C22H32N2O4. The van der Waals surface area contributed by atoms with E-state index in [1.807, 2.05) is 24.3 Å². The number of para-hydroxylation sites is 2. The highest BCUT2D eigenvalue weighted by atomic mass is 16.6. The Labute approximate surface area is 167 Å². The molecule has 2 saturated heterocycles. The van der Waals surface area contributed by atoms with Crippen LogP contribution in [-0.4, -0.2) is 73.9 Å². The van der Waals surface area contributed by atoms with Crippen LogP contribution in [0.5, 0.6) is 11.5 Å². The molecule has 3 aliphatic heterocycles. The summed E-state index contributed by atoms with van der Waals surface area (Å²) < 4.78 is 17.3. The van der Waals surface area contributed by atoms with Gasteiger partial charge in [0.25, 0.3) is 0 Å². The van der Waals surface area contributed by atoms with Crippen molar-refractivity contribution in [2.24, 2.45) is 0 Å². The average molecular weight is 389 g/mol. The minimum atomic E-state index is -0.171. The van der Waals surface area contributed by atoms with Gasteiger partial charge >= 0.3 is 0 Å². The van der Waals surface area contributed by atoms with Gasteiger partial charge in [0, 0.05) is 19.1 Å². The number of likely N-dealkylation sites (tertiary alicyclic amines) is 2. The Bertz CT molecular complexity index is 647. The number of hydrogen-bond acceptors (Lipinski definition) is 5. The molecule has 2 atom stereocenters.